The molecule has 0 amide bonds. The number of nitrogens with zero attached hydrogens (tertiary/aromatic N) is 1. The van der Waals surface area contributed by atoms with Gasteiger partial charge in [0.1, 0.15) is 12.4 Å². The van der Waals surface area contributed by atoms with Gasteiger partial charge in [-0.2, -0.15) is 0 Å². The molecule has 5 heteroatoms. The summed E-state index contributed by atoms with van der Waals surface area (Å²) in [5.41, 5.74) is 1.05. The monoisotopic (exact) mass is 248 g/mol. The summed E-state index contributed by atoms with van der Waals surface area (Å²) >= 11 is 0. The van der Waals surface area contributed by atoms with Crippen LogP contribution >= 0.6 is 0 Å². The second kappa shape index (κ2) is 6.07. The minimum atomic E-state index is 0.454. The van der Waals surface area contributed by atoms with Gasteiger partial charge in [0.2, 0.25) is 0 Å². The molecular weight excluding hydrogens is 232 g/mol. The largest absolute Gasteiger partial charge is 0.497 e. The first kappa shape index (κ1) is 12.4. The molecule has 96 valence electrons. The number of nitrogens with one attached hydrogen (secondary N) is 1. The topological polar surface area (TPSA) is 56.5 Å². The van der Waals surface area contributed by atoms with Crippen molar-refractivity contribution < 1.29 is 14.0 Å². The zero-order chi connectivity index (χ0) is 12.8. The SMILES string of the molecule is CNCc1cc(OCc2ccc(OC)cc2)no1. The van der Waals surface area contributed by atoms with Crippen LogP contribution in [-0.2, 0) is 13.2 Å². The highest BCUT2D eigenvalue weighted by Gasteiger charge is 2.04. The minimum Gasteiger partial charge on any atom is -0.497 e. The molecule has 18 heavy (non-hydrogen) atoms. The molecule has 0 aliphatic heterocycles. The van der Waals surface area contributed by atoms with Crippen LogP contribution in [0.5, 0.6) is 11.6 Å². The number of methoxy groups -OCH3 is 1. The Balaban J connectivity index is 1.89. The Morgan fingerprint density at radius 2 is 2.06 bits per heavy atom. The van der Waals surface area contributed by atoms with Crippen molar-refractivity contribution in [2.24, 2.45) is 0 Å². The summed E-state index contributed by atoms with van der Waals surface area (Å²) in [5, 5.41) is 6.80. The fourth-order valence-electron chi connectivity index (χ4n) is 1.50. The first-order valence-corrected chi connectivity index (χ1v) is 5.67. The average Bonchev–Trinajstić information content (AvgIpc) is 2.85. The molecule has 0 unspecified atom stereocenters. The molecule has 0 saturated carbocycles. The maximum atomic E-state index is 5.52. The summed E-state index contributed by atoms with van der Waals surface area (Å²) in [5.74, 6) is 2.08. The smallest absolute Gasteiger partial charge is 0.254 e. The summed E-state index contributed by atoms with van der Waals surface area (Å²) < 4.78 is 15.7. The van der Waals surface area contributed by atoms with Gasteiger partial charge in [0.25, 0.3) is 5.88 Å². The van der Waals surface area contributed by atoms with Crippen molar-refractivity contribution in [2.45, 2.75) is 13.2 Å². The third kappa shape index (κ3) is 3.24. The van der Waals surface area contributed by atoms with Gasteiger partial charge in [0.15, 0.2) is 5.76 Å². The van der Waals surface area contributed by atoms with E-state index in [0.717, 1.165) is 17.1 Å². The molecule has 2 aromatic rings. The van der Waals surface area contributed by atoms with Crippen molar-refractivity contribution in [3.05, 3.63) is 41.7 Å². The lowest BCUT2D eigenvalue weighted by Gasteiger charge is -2.03. The predicted molar refractivity (Wildman–Crippen MR) is 66.6 cm³/mol. The average molecular weight is 248 g/mol. The quantitative estimate of drug-likeness (QED) is 0.847. The highest BCUT2D eigenvalue weighted by atomic mass is 16.5. The number of rotatable bonds is 6. The van der Waals surface area contributed by atoms with E-state index in [-0.39, 0.29) is 0 Å². The number of ether oxygens (including phenoxy) is 2. The van der Waals surface area contributed by atoms with Crippen LogP contribution in [0.15, 0.2) is 34.9 Å². The summed E-state index contributed by atoms with van der Waals surface area (Å²) in [6.07, 6.45) is 0. The molecule has 0 aliphatic carbocycles. The Kier molecular flexibility index (Phi) is 4.20. The van der Waals surface area contributed by atoms with Gasteiger partial charge in [0.05, 0.1) is 13.7 Å². The number of aromatic nitrogens is 1. The normalized spacial score (nSPS) is 10.3. The van der Waals surface area contributed by atoms with Crippen molar-refractivity contribution in [2.75, 3.05) is 14.2 Å². The van der Waals surface area contributed by atoms with Crippen molar-refractivity contribution in [1.82, 2.24) is 10.5 Å². The third-order valence-electron chi connectivity index (χ3n) is 2.43. The van der Waals surface area contributed by atoms with E-state index in [2.05, 4.69) is 10.5 Å². The van der Waals surface area contributed by atoms with Crippen molar-refractivity contribution >= 4 is 0 Å². The molecule has 1 heterocycles. The van der Waals surface area contributed by atoms with Crippen LogP contribution in [-0.4, -0.2) is 19.3 Å². The first-order chi connectivity index (χ1) is 8.81. The Labute approximate surface area is 106 Å². The highest BCUT2D eigenvalue weighted by molar-refractivity contribution is 5.27. The highest BCUT2D eigenvalue weighted by Crippen LogP contribution is 2.15. The second-order valence-corrected chi connectivity index (χ2v) is 3.80. The van der Waals surface area contributed by atoms with E-state index < -0.39 is 0 Å². The van der Waals surface area contributed by atoms with Crippen molar-refractivity contribution in [1.29, 1.82) is 0 Å². The lowest BCUT2D eigenvalue weighted by atomic mass is 10.2. The molecule has 0 atom stereocenters. The molecular formula is C13H16N2O3. The lowest BCUT2D eigenvalue weighted by molar-refractivity contribution is 0.265. The minimum absolute atomic E-state index is 0.454. The van der Waals surface area contributed by atoms with E-state index in [4.69, 9.17) is 14.0 Å². The van der Waals surface area contributed by atoms with Crippen LogP contribution in [0, 0.1) is 0 Å². The number of benzene rings is 1. The van der Waals surface area contributed by atoms with E-state index in [1.54, 1.807) is 13.2 Å². The molecule has 0 aliphatic rings. The Morgan fingerprint density at radius 1 is 1.28 bits per heavy atom. The molecule has 1 aromatic heterocycles. The molecule has 0 radical (unpaired) electrons. The van der Waals surface area contributed by atoms with Crippen molar-refractivity contribution in [3.8, 4) is 11.6 Å². The molecule has 1 aromatic carbocycles. The maximum Gasteiger partial charge on any atom is 0.254 e. The zero-order valence-electron chi connectivity index (χ0n) is 10.5. The van der Waals surface area contributed by atoms with E-state index >= 15 is 0 Å². The molecule has 0 fully saturated rings. The fourth-order valence-corrected chi connectivity index (χ4v) is 1.50. The van der Waals surface area contributed by atoms with Crippen LogP contribution in [0.2, 0.25) is 0 Å². The lowest BCUT2D eigenvalue weighted by Crippen LogP contribution is -2.03. The van der Waals surface area contributed by atoms with Gasteiger partial charge < -0.3 is 19.3 Å². The Bertz CT molecular complexity index is 479. The van der Waals surface area contributed by atoms with Gasteiger partial charge in [-0.15, -0.1) is 0 Å². The van der Waals surface area contributed by atoms with Gasteiger partial charge >= 0.3 is 0 Å². The van der Waals surface area contributed by atoms with Crippen LogP contribution in [0.3, 0.4) is 0 Å². The predicted octanol–water partition coefficient (Wildman–Crippen LogP) is 1.98. The summed E-state index contributed by atoms with van der Waals surface area (Å²) in [4.78, 5) is 0. The Morgan fingerprint density at radius 3 is 2.72 bits per heavy atom. The van der Waals surface area contributed by atoms with Gasteiger partial charge in [-0.3, -0.25) is 0 Å². The van der Waals surface area contributed by atoms with E-state index in [1.807, 2.05) is 31.3 Å². The first-order valence-electron chi connectivity index (χ1n) is 5.67. The van der Waals surface area contributed by atoms with E-state index in [0.29, 0.717) is 19.0 Å². The molecule has 5 nitrogen and oxygen atoms in total. The summed E-state index contributed by atoms with van der Waals surface area (Å²) in [6.45, 7) is 1.09. The summed E-state index contributed by atoms with van der Waals surface area (Å²) in [7, 11) is 3.49. The van der Waals surface area contributed by atoms with Gasteiger partial charge in [-0.1, -0.05) is 12.1 Å². The third-order valence-corrected chi connectivity index (χ3v) is 2.43. The zero-order valence-corrected chi connectivity index (χ0v) is 10.5. The number of hydrogen-bond acceptors (Lipinski definition) is 5. The Hall–Kier alpha value is -2.01. The van der Waals surface area contributed by atoms with Crippen LogP contribution in [0.1, 0.15) is 11.3 Å². The molecule has 0 saturated heterocycles. The number of hydrogen-bond donors (Lipinski definition) is 1. The summed E-state index contributed by atoms with van der Waals surface area (Å²) in [6, 6.07) is 9.47. The van der Waals surface area contributed by atoms with Crippen molar-refractivity contribution in [3.63, 3.8) is 0 Å². The maximum absolute atomic E-state index is 5.52. The van der Waals surface area contributed by atoms with Gasteiger partial charge in [-0.05, 0) is 29.9 Å². The van der Waals surface area contributed by atoms with Gasteiger partial charge in [0, 0.05) is 6.07 Å². The standard InChI is InChI=1S/C13H16N2O3/c1-14-8-12-7-13(15-18-12)17-9-10-3-5-11(16-2)6-4-10/h3-7,14H,8-9H2,1-2H3. The van der Waals surface area contributed by atoms with Crippen LogP contribution in [0.4, 0.5) is 0 Å². The molecule has 1 N–H and O–H groups in total. The fraction of sp³-hybridized carbons (Fsp3) is 0.308. The van der Waals surface area contributed by atoms with Crippen LogP contribution < -0.4 is 14.8 Å². The van der Waals surface area contributed by atoms with E-state index in [1.165, 1.54) is 0 Å². The molecule has 0 bridgehead atoms. The molecule has 0 spiro atoms. The molecule has 2 rings (SSSR count). The van der Waals surface area contributed by atoms with Gasteiger partial charge in [-0.25, -0.2) is 0 Å². The second-order valence-electron chi connectivity index (χ2n) is 3.80. The van der Waals surface area contributed by atoms with E-state index in [9.17, 15) is 0 Å². The van der Waals surface area contributed by atoms with Crippen LogP contribution in [0.25, 0.3) is 0 Å².